The normalized spacial score (nSPS) is 27.2. The summed E-state index contributed by atoms with van der Waals surface area (Å²) >= 11 is 0. The summed E-state index contributed by atoms with van der Waals surface area (Å²) in [6, 6.07) is 8.95. The average molecular weight is 393 g/mol. The number of nitriles is 2. The van der Waals surface area contributed by atoms with Gasteiger partial charge >= 0.3 is 0 Å². The van der Waals surface area contributed by atoms with E-state index in [2.05, 4.69) is 65.8 Å². The molecule has 2 aliphatic carbocycles. The fraction of sp³-hybridized carbons (Fsp3) is 0.704. The molecule has 0 heterocycles. The van der Waals surface area contributed by atoms with Crippen molar-refractivity contribution in [3.63, 3.8) is 0 Å². The highest BCUT2D eigenvalue weighted by molar-refractivity contribution is 5.45. The highest BCUT2D eigenvalue weighted by Gasteiger charge is 2.30. The molecular weight excluding hydrogens is 352 g/mol. The molecule has 29 heavy (non-hydrogen) atoms. The van der Waals surface area contributed by atoms with E-state index in [1.165, 1.54) is 49.7 Å². The molecular formula is C27H40N2. The van der Waals surface area contributed by atoms with Gasteiger partial charge in [-0.2, -0.15) is 10.5 Å². The number of hydrogen-bond donors (Lipinski definition) is 0. The Labute approximate surface area is 179 Å². The summed E-state index contributed by atoms with van der Waals surface area (Å²) in [5.74, 6) is 2.80. The van der Waals surface area contributed by atoms with Gasteiger partial charge in [0, 0.05) is 5.92 Å². The first kappa shape index (κ1) is 23.5. The molecule has 2 heteroatoms. The Morgan fingerprint density at radius 1 is 0.828 bits per heavy atom. The second-order valence-corrected chi connectivity index (χ2v) is 10.6. The Kier molecular flexibility index (Phi) is 8.34. The van der Waals surface area contributed by atoms with Crippen molar-refractivity contribution in [3.05, 3.63) is 34.4 Å². The minimum absolute atomic E-state index is 0.376. The van der Waals surface area contributed by atoms with Crippen molar-refractivity contribution < 1.29 is 0 Å². The van der Waals surface area contributed by atoms with Crippen LogP contribution in [0.1, 0.15) is 107 Å². The van der Waals surface area contributed by atoms with Gasteiger partial charge in [0.25, 0.3) is 0 Å². The first-order chi connectivity index (χ1) is 13.7. The second kappa shape index (κ2) is 10.3. The topological polar surface area (TPSA) is 47.6 Å². The number of hydrogen-bond acceptors (Lipinski definition) is 2. The SMILES string of the molecule is CC1CCC(C#N)CC1.Cc1cc(C2CCC(C(C)(C)C)CC2)c(C)cc1C#N. The summed E-state index contributed by atoms with van der Waals surface area (Å²) < 4.78 is 0. The Morgan fingerprint density at radius 3 is 1.90 bits per heavy atom. The van der Waals surface area contributed by atoms with E-state index in [0.717, 1.165) is 35.8 Å². The van der Waals surface area contributed by atoms with E-state index in [-0.39, 0.29) is 0 Å². The van der Waals surface area contributed by atoms with Crippen LogP contribution in [0.5, 0.6) is 0 Å². The monoisotopic (exact) mass is 392 g/mol. The van der Waals surface area contributed by atoms with E-state index < -0.39 is 0 Å². The largest absolute Gasteiger partial charge is 0.198 e. The molecule has 2 nitrogen and oxygen atoms in total. The third kappa shape index (κ3) is 6.60. The predicted octanol–water partition coefficient (Wildman–Crippen LogP) is 7.83. The van der Waals surface area contributed by atoms with E-state index >= 15 is 0 Å². The van der Waals surface area contributed by atoms with Crippen LogP contribution in [-0.2, 0) is 0 Å². The van der Waals surface area contributed by atoms with Gasteiger partial charge in [-0.15, -0.1) is 0 Å². The van der Waals surface area contributed by atoms with Gasteiger partial charge in [-0.25, -0.2) is 0 Å². The Hall–Kier alpha value is -1.80. The van der Waals surface area contributed by atoms with E-state index in [9.17, 15) is 0 Å². The zero-order chi connectivity index (χ0) is 21.6. The van der Waals surface area contributed by atoms with E-state index in [1.54, 1.807) is 0 Å². The molecule has 2 aliphatic rings. The lowest BCUT2D eigenvalue weighted by atomic mass is 9.68. The molecule has 1 aromatic rings. The first-order valence-corrected chi connectivity index (χ1v) is 11.6. The molecule has 0 aliphatic heterocycles. The molecule has 2 saturated carbocycles. The van der Waals surface area contributed by atoms with Crippen molar-refractivity contribution in [1.82, 2.24) is 0 Å². The molecule has 0 bridgehead atoms. The maximum absolute atomic E-state index is 9.12. The van der Waals surface area contributed by atoms with Crippen LogP contribution in [0.3, 0.4) is 0 Å². The van der Waals surface area contributed by atoms with E-state index in [0.29, 0.717) is 17.3 Å². The quantitative estimate of drug-likeness (QED) is 0.489. The van der Waals surface area contributed by atoms with Gasteiger partial charge in [-0.3, -0.25) is 0 Å². The summed E-state index contributed by atoms with van der Waals surface area (Å²) in [4.78, 5) is 0. The van der Waals surface area contributed by atoms with Gasteiger partial charge in [0.1, 0.15) is 0 Å². The minimum Gasteiger partial charge on any atom is -0.198 e. The highest BCUT2D eigenvalue weighted by Crippen LogP contribution is 2.44. The minimum atomic E-state index is 0.376. The molecule has 0 N–H and O–H groups in total. The second-order valence-electron chi connectivity index (χ2n) is 10.6. The molecule has 1 aromatic carbocycles. The molecule has 0 aromatic heterocycles. The third-order valence-corrected chi connectivity index (χ3v) is 7.32. The molecule has 0 radical (unpaired) electrons. The molecule has 0 saturated heterocycles. The molecule has 0 unspecified atom stereocenters. The molecule has 0 spiro atoms. The summed E-state index contributed by atoms with van der Waals surface area (Å²) in [5, 5.41) is 17.6. The van der Waals surface area contributed by atoms with Crippen LogP contribution in [0.25, 0.3) is 0 Å². The van der Waals surface area contributed by atoms with Crippen LogP contribution >= 0.6 is 0 Å². The molecule has 0 amide bonds. The highest BCUT2D eigenvalue weighted by atomic mass is 14.4. The summed E-state index contributed by atoms with van der Waals surface area (Å²) in [6.07, 6.45) is 10.1. The Balaban J connectivity index is 0.000000278. The van der Waals surface area contributed by atoms with Crippen LogP contribution in [0, 0.1) is 59.7 Å². The van der Waals surface area contributed by atoms with Crippen molar-refractivity contribution in [2.75, 3.05) is 0 Å². The lowest BCUT2D eigenvalue weighted by Gasteiger charge is -2.37. The average Bonchev–Trinajstić information content (AvgIpc) is 2.70. The van der Waals surface area contributed by atoms with Gasteiger partial charge in [0.2, 0.25) is 0 Å². The van der Waals surface area contributed by atoms with Crippen molar-refractivity contribution in [3.8, 4) is 12.1 Å². The van der Waals surface area contributed by atoms with Crippen molar-refractivity contribution in [2.24, 2.45) is 23.2 Å². The fourth-order valence-electron chi connectivity index (χ4n) is 5.06. The zero-order valence-electron chi connectivity index (χ0n) is 19.5. The molecule has 158 valence electrons. The number of rotatable bonds is 1. The van der Waals surface area contributed by atoms with Crippen molar-refractivity contribution >= 4 is 0 Å². The van der Waals surface area contributed by atoms with Crippen LogP contribution in [0.15, 0.2) is 12.1 Å². The lowest BCUT2D eigenvalue weighted by Crippen LogP contribution is -2.25. The molecule has 3 rings (SSSR count). The predicted molar refractivity (Wildman–Crippen MR) is 122 cm³/mol. The van der Waals surface area contributed by atoms with Crippen molar-refractivity contribution in [2.45, 2.75) is 98.8 Å². The lowest BCUT2D eigenvalue weighted by molar-refractivity contribution is 0.169. The van der Waals surface area contributed by atoms with Crippen LogP contribution in [0.2, 0.25) is 0 Å². The number of benzene rings is 1. The van der Waals surface area contributed by atoms with Crippen LogP contribution in [0.4, 0.5) is 0 Å². The molecule has 2 fully saturated rings. The van der Waals surface area contributed by atoms with Crippen molar-refractivity contribution in [1.29, 1.82) is 10.5 Å². The number of nitrogens with zero attached hydrogens (tertiary/aromatic N) is 2. The summed E-state index contributed by atoms with van der Waals surface area (Å²) in [7, 11) is 0. The fourth-order valence-corrected chi connectivity index (χ4v) is 5.06. The zero-order valence-corrected chi connectivity index (χ0v) is 19.5. The molecule has 0 atom stereocenters. The van der Waals surface area contributed by atoms with E-state index in [1.807, 2.05) is 0 Å². The Bertz CT molecular complexity index is 740. The smallest absolute Gasteiger partial charge is 0.0994 e. The van der Waals surface area contributed by atoms with Gasteiger partial charge in [-0.05, 0) is 111 Å². The van der Waals surface area contributed by atoms with E-state index in [4.69, 9.17) is 10.5 Å². The van der Waals surface area contributed by atoms with Gasteiger partial charge in [-0.1, -0.05) is 33.8 Å². The van der Waals surface area contributed by atoms with Gasteiger partial charge in [0.15, 0.2) is 0 Å². The first-order valence-electron chi connectivity index (χ1n) is 11.6. The maximum atomic E-state index is 9.12. The van der Waals surface area contributed by atoms with Crippen LogP contribution in [-0.4, -0.2) is 0 Å². The maximum Gasteiger partial charge on any atom is 0.0994 e. The van der Waals surface area contributed by atoms with Gasteiger partial charge in [0.05, 0.1) is 17.7 Å². The third-order valence-electron chi connectivity index (χ3n) is 7.32. The number of aryl methyl sites for hydroxylation is 2. The summed E-state index contributed by atoms with van der Waals surface area (Å²) in [6.45, 7) is 13.6. The Morgan fingerprint density at radius 2 is 1.41 bits per heavy atom. The van der Waals surface area contributed by atoms with Gasteiger partial charge < -0.3 is 0 Å². The van der Waals surface area contributed by atoms with Crippen LogP contribution < -0.4 is 0 Å². The summed E-state index contributed by atoms with van der Waals surface area (Å²) in [5.41, 5.74) is 5.18. The standard InChI is InChI=1S/C19H27N.C8H13N/c1-13-11-18(14(2)10-16(13)12-20)15-6-8-17(9-7-15)19(3,4)5;1-7-2-4-8(6-9)5-3-7/h10-11,15,17H,6-9H2,1-5H3;7-8H,2-5H2,1H3.